The van der Waals surface area contributed by atoms with Crippen molar-refractivity contribution in [3.8, 4) is 0 Å². The summed E-state index contributed by atoms with van der Waals surface area (Å²) in [5.74, 6) is -0.919. The first-order valence-corrected chi connectivity index (χ1v) is 3.42. The van der Waals surface area contributed by atoms with Crippen LogP contribution in [0.2, 0.25) is 0 Å². The van der Waals surface area contributed by atoms with Crippen LogP contribution in [0, 0.1) is 0 Å². The van der Waals surface area contributed by atoms with E-state index < -0.39 is 12.0 Å². The fourth-order valence-electron chi connectivity index (χ4n) is 0.795. The normalized spacial score (nSPS) is 23.0. The largest absolute Gasteiger partial charge is 0.468 e. The maximum atomic E-state index is 11.0. The van der Waals surface area contributed by atoms with Crippen molar-refractivity contribution in [3.63, 3.8) is 0 Å². The number of hydrogen-bond donors (Lipinski definition) is 1. The molecule has 0 aromatic carbocycles. The van der Waals surface area contributed by atoms with E-state index in [4.69, 9.17) is 10.6 Å². The van der Waals surface area contributed by atoms with E-state index in [9.17, 15) is 9.59 Å². The van der Waals surface area contributed by atoms with Crippen molar-refractivity contribution < 1.29 is 19.2 Å². The number of nitrogens with zero attached hydrogens (tertiary/aromatic N) is 1. The van der Waals surface area contributed by atoms with Gasteiger partial charge in [-0.15, -0.1) is 0 Å². The zero-order valence-corrected chi connectivity index (χ0v) is 6.65. The first-order valence-electron chi connectivity index (χ1n) is 3.42. The van der Waals surface area contributed by atoms with Gasteiger partial charge in [0.05, 0.1) is 13.7 Å². The number of amides is 1. The number of methoxy groups -OCH3 is 1. The lowest BCUT2D eigenvalue weighted by molar-refractivity contribution is -0.173. The second kappa shape index (κ2) is 3.51. The van der Waals surface area contributed by atoms with Crippen LogP contribution in [0.25, 0.3) is 0 Å². The van der Waals surface area contributed by atoms with Crippen molar-refractivity contribution in [1.29, 1.82) is 0 Å². The molecule has 1 aliphatic heterocycles. The standard InChI is InChI=1S/C6H10N2O4/c1-11-5(9)2-8-6(10)4(7)3-12-8/h4H,2-3,7H2,1H3. The molecule has 0 bridgehead atoms. The molecule has 1 unspecified atom stereocenters. The average Bonchev–Trinajstić information content (AvgIpc) is 2.36. The van der Waals surface area contributed by atoms with Crippen molar-refractivity contribution >= 4 is 11.9 Å². The van der Waals surface area contributed by atoms with Gasteiger partial charge in [0.15, 0.2) is 0 Å². The highest BCUT2D eigenvalue weighted by atomic mass is 16.7. The summed E-state index contributed by atoms with van der Waals surface area (Å²) >= 11 is 0. The van der Waals surface area contributed by atoms with Crippen molar-refractivity contribution in [1.82, 2.24) is 5.06 Å². The summed E-state index contributed by atoms with van der Waals surface area (Å²) in [4.78, 5) is 26.5. The van der Waals surface area contributed by atoms with Gasteiger partial charge in [0.2, 0.25) is 0 Å². The van der Waals surface area contributed by atoms with E-state index in [1.165, 1.54) is 7.11 Å². The number of hydrogen-bond acceptors (Lipinski definition) is 5. The third kappa shape index (κ3) is 1.72. The Labute approximate surface area is 69.2 Å². The van der Waals surface area contributed by atoms with E-state index >= 15 is 0 Å². The van der Waals surface area contributed by atoms with E-state index in [-0.39, 0.29) is 19.1 Å². The number of nitrogens with two attached hydrogens (primary N) is 1. The van der Waals surface area contributed by atoms with Gasteiger partial charge >= 0.3 is 5.97 Å². The van der Waals surface area contributed by atoms with Crippen LogP contribution in [-0.4, -0.2) is 43.2 Å². The van der Waals surface area contributed by atoms with Crippen LogP contribution < -0.4 is 5.73 Å². The lowest BCUT2D eigenvalue weighted by atomic mass is 10.3. The predicted molar refractivity (Wildman–Crippen MR) is 37.7 cm³/mol. The molecule has 6 heteroatoms. The van der Waals surface area contributed by atoms with Crippen LogP contribution in [0.4, 0.5) is 0 Å². The number of carbonyl (C=O) groups excluding carboxylic acids is 2. The van der Waals surface area contributed by atoms with Gasteiger partial charge in [-0.3, -0.25) is 14.4 Å². The summed E-state index contributed by atoms with van der Waals surface area (Å²) < 4.78 is 4.34. The zero-order chi connectivity index (χ0) is 9.14. The highest BCUT2D eigenvalue weighted by Gasteiger charge is 2.31. The second-order valence-corrected chi connectivity index (χ2v) is 2.35. The van der Waals surface area contributed by atoms with Crippen LogP contribution in [0.3, 0.4) is 0 Å². The van der Waals surface area contributed by atoms with Gasteiger partial charge in [-0.25, -0.2) is 5.06 Å². The molecule has 1 fully saturated rings. The van der Waals surface area contributed by atoms with E-state index in [2.05, 4.69) is 4.74 Å². The molecule has 0 saturated carbocycles. The summed E-state index contributed by atoms with van der Waals surface area (Å²) in [5, 5.41) is 0.913. The molecule has 68 valence electrons. The molecule has 0 aromatic heterocycles. The van der Waals surface area contributed by atoms with Crippen molar-refractivity contribution in [2.24, 2.45) is 5.73 Å². The van der Waals surface area contributed by atoms with Crippen LogP contribution in [0.15, 0.2) is 0 Å². The molecule has 0 aliphatic carbocycles. The smallest absolute Gasteiger partial charge is 0.328 e. The van der Waals surface area contributed by atoms with Crippen LogP contribution >= 0.6 is 0 Å². The molecule has 6 nitrogen and oxygen atoms in total. The molecule has 1 amide bonds. The van der Waals surface area contributed by atoms with Gasteiger partial charge in [0.25, 0.3) is 5.91 Å². The van der Waals surface area contributed by atoms with Gasteiger partial charge in [0.1, 0.15) is 12.6 Å². The van der Waals surface area contributed by atoms with Gasteiger partial charge in [-0.2, -0.15) is 0 Å². The Kier molecular flexibility index (Phi) is 2.61. The molecule has 12 heavy (non-hydrogen) atoms. The van der Waals surface area contributed by atoms with Crippen LogP contribution in [0.5, 0.6) is 0 Å². The average molecular weight is 174 g/mol. The van der Waals surface area contributed by atoms with E-state index in [1.54, 1.807) is 0 Å². The molecule has 0 radical (unpaired) electrons. The highest BCUT2D eigenvalue weighted by Crippen LogP contribution is 2.04. The molecule has 1 heterocycles. The molecule has 2 N–H and O–H groups in total. The summed E-state index contributed by atoms with van der Waals surface area (Å²) in [5.41, 5.74) is 5.32. The molecule has 1 rings (SSSR count). The molecule has 1 atom stereocenters. The van der Waals surface area contributed by atoms with E-state index in [0.29, 0.717) is 0 Å². The Balaban J connectivity index is 2.44. The molecular formula is C6H10N2O4. The topological polar surface area (TPSA) is 81.9 Å². The molecule has 1 aliphatic rings. The Hall–Kier alpha value is -1.14. The van der Waals surface area contributed by atoms with Crippen molar-refractivity contribution in [2.75, 3.05) is 20.3 Å². The maximum absolute atomic E-state index is 11.0. The predicted octanol–water partition coefficient (Wildman–Crippen LogP) is -1.74. The highest BCUT2D eigenvalue weighted by molar-refractivity contribution is 5.85. The lowest BCUT2D eigenvalue weighted by Crippen LogP contribution is -2.37. The molecule has 1 saturated heterocycles. The Morgan fingerprint density at radius 2 is 2.58 bits per heavy atom. The van der Waals surface area contributed by atoms with Crippen molar-refractivity contribution in [3.05, 3.63) is 0 Å². The molecular weight excluding hydrogens is 164 g/mol. The van der Waals surface area contributed by atoms with Crippen LogP contribution in [-0.2, 0) is 19.2 Å². The first-order chi connectivity index (χ1) is 5.65. The van der Waals surface area contributed by atoms with Crippen LogP contribution in [0.1, 0.15) is 0 Å². The Morgan fingerprint density at radius 3 is 3.00 bits per heavy atom. The SMILES string of the molecule is COC(=O)CN1OCC(N)C1=O. The van der Waals surface area contributed by atoms with E-state index in [1.807, 2.05) is 0 Å². The summed E-state index contributed by atoms with van der Waals surface area (Å²) in [6, 6.07) is -0.658. The van der Waals surface area contributed by atoms with Gasteiger partial charge in [-0.05, 0) is 0 Å². The summed E-state index contributed by atoms with van der Waals surface area (Å²) in [7, 11) is 1.24. The summed E-state index contributed by atoms with van der Waals surface area (Å²) in [6.45, 7) is -0.0845. The van der Waals surface area contributed by atoms with Crippen molar-refractivity contribution in [2.45, 2.75) is 6.04 Å². The first kappa shape index (κ1) is 8.95. The molecule has 0 spiro atoms. The van der Waals surface area contributed by atoms with Gasteiger partial charge in [-0.1, -0.05) is 0 Å². The summed E-state index contributed by atoms with van der Waals surface area (Å²) in [6.07, 6.45) is 0. The third-order valence-corrected chi connectivity index (χ3v) is 1.47. The number of esters is 1. The molecule has 0 aromatic rings. The number of hydroxylamine groups is 2. The minimum absolute atomic E-state index is 0.121. The van der Waals surface area contributed by atoms with Gasteiger partial charge in [0, 0.05) is 0 Å². The fraction of sp³-hybridized carbons (Fsp3) is 0.667. The zero-order valence-electron chi connectivity index (χ0n) is 6.65. The minimum Gasteiger partial charge on any atom is -0.468 e. The fourth-order valence-corrected chi connectivity index (χ4v) is 0.795. The Bertz CT molecular complexity index is 206. The monoisotopic (exact) mass is 174 g/mol. The number of ether oxygens (including phenoxy) is 1. The van der Waals surface area contributed by atoms with E-state index in [0.717, 1.165) is 5.06 Å². The van der Waals surface area contributed by atoms with Gasteiger partial charge < -0.3 is 10.5 Å². The maximum Gasteiger partial charge on any atom is 0.328 e. The number of carbonyl (C=O) groups is 2. The quantitative estimate of drug-likeness (QED) is 0.502. The third-order valence-electron chi connectivity index (χ3n) is 1.47. The second-order valence-electron chi connectivity index (χ2n) is 2.35. The lowest BCUT2D eigenvalue weighted by Gasteiger charge is -2.11. The number of rotatable bonds is 2. The minimum atomic E-state index is -0.658. The Morgan fingerprint density at radius 1 is 1.92 bits per heavy atom.